The molecule has 0 bridgehead atoms. The van der Waals surface area contributed by atoms with Crippen molar-refractivity contribution in [3.05, 3.63) is 53.1 Å². The van der Waals surface area contributed by atoms with Gasteiger partial charge in [-0.3, -0.25) is 10.1 Å². The van der Waals surface area contributed by atoms with Crippen LogP contribution < -0.4 is 5.73 Å². The van der Waals surface area contributed by atoms with Crippen LogP contribution in [-0.4, -0.2) is 15.6 Å². The lowest BCUT2D eigenvalue weighted by Crippen LogP contribution is -2.12. The highest BCUT2D eigenvalue weighted by Gasteiger charge is 2.32. The molecule has 1 heterocycles. The Kier molecular flexibility index (Phi) is 3.47. The number of halogens is 4. The van der Waals surface area contributed by atoms with E-state index in [0.29, 0.717) is 6.20 Å². The maximum atomic E-state index is 13.7. The second-order valence-electron chi connectivity index (χ2n) is 4.14. The van der Waals surface area contributed by atoms with Gasteiger partial charge < -0.3 is 5.73 Å². The number of amidine groups is 1. The Morgan fingerprint density at radius 2 is 2.05 bits per heavy atom. The van der Waals surface area contributed by atoms with Crippen LogP contribution >= 0.6 is 0 Å². The third-order valence-corrected chi connectivity index (χ3v) is 2.66. The van der Waals surface area contributed by atoms with Crippen molar-refractivity contribution < 1.29 is 17.6 Å². The summed E-state index contributed by atoms with van der Waals surface area (Å²) in [5.41, 5.74) is 4.69. The van der Waals surface area contributed by atoms with Crippen LogP contribution in [-0.2, 0) is 12.7 Å². The van der Waals surface area contributed by atoms with E-state index in [2.05, 4.69) is 5.10 Å². The molecular formula is C12H10F4N4. The number of nitrogens with zero attached hydrogens (tertiary/aromatic N) is 2. The molecule has 4 nitrogen and oxygen atoms in total. The molecule has 0 saturated carbocycles. The molecule has 20 heavy (non-hydrogen) atoms. The zero-order valence-corrected chi connectivity index (χ0v) is 10.1. The molecule has 2 rings (SSSR count). The molecule has 1 aromatic carbocycles. The number of nitrogens with two attached hydrogens (primary N) is 1. The van der Waals surface area contributed by atoms with E-state index in [4.69, 9.17) is 11.1 Å². The predicted molar refractivity (Wildman–Crippen MR) is 63.7 cm³/mol. The SMILES string of the molecule is N=C(N)c1ccc(Cn2cc(C(F)(F)F)cn2)c(F)c1. The number of aromatic nitrogens is 2. The first kappa shape index (κ1) is 14.0. The summed E-state index contributed by atoms with van der Waals surface area (Å²) < 4.78 is 51.9. The van der Waals surface area contributed by atoms with Gasteiger partial charge in [0.15, 0.2) is 0 Å². The fraction of sp³-hybridized carbons (Fsp3) is 0.167. The molecule has 0 aliphatic heterocycles. The normalized spacial score (nSPS) is 11.6. The summed E-state index contributed by atoms with van der Waals surface area (Å²) in [5.74, 6) is -0.935. The molecule has 2 aromatic rings. The third-order valence-electron chi connectivity index (χ3n) is 2.66. The van der Waals surface area contributed by atoms with Crippen molar-refractivity contribution in [2.45, 2.75) is 12.7 Å². The minimum absolute atomic E-state index is 0.139. The predicted octanol–water partition coefficient (Wildman–Crippen LogP) is 2.37. The van der Waals surface area contributed by atoms with Gasteiger partial charge >= 0.3 is 6.18 Å². The van der Waals surface area contributed by atoms with Crippen molar-refractivity contribution in [1.29, 1.82) is 5.41 Å². The first-order valence-electron chi connectivity index (χ1n) is 5.50. The monoisotopic (exact) mass is 286 g/mol. The van der Waals surface area contributed by atoms with Crippen molar-refractivity contribution in [2.24, 2.45) is 5.73 Å². The number of nitrogens with one attached hydrogen (secondary N) is 1. The summed E-state index contributed by atoms with van der Waals surface area (Å²) in [6.07, 6.45) is -2.99. The molecular weight excluding hydrogens is 276 g/mol. The van der Waals surface area contributed by atoms with Gasteiger partial charge in [-0.15, -0.1) is 0 Å². The van der Waals surface area contributed by atoms with Crippen LogP contribution in [0.25, 0.3) is 0 Å². The van der Waals surface area contributed by atoms with Crippen LogP contribution in [0.2, 0.25) is 0 Å². The van der Waals surface area contributed by atoms with Gasteiger partial charge in [0.2, 0.25) is 0 Å². The summed E-state index contributed by atoms with van der Waals surface area (Å²) in [4.78, 5) is 0. The fourth-order valence-corrected chi connectivity index (χ4v) is 1.61. The van der Waals surface area contributed by atoms with Gasteiger partial charge in [0.25, 0.3) is 0 Å². The van der Waals surface area contributed by atoms with Gasteiger partial charge in [0.1, 0.15) is 11.7 Å². The highest BCUT2D eigenvalue weighted by atomic mass is 19.4. The number of nitrogen functional groups attached to an aromatic ring is 1. The van der Waals surface area contributed by atoms with Crippen molar-refractivity contribution in [1.82, 2.24) is 9.78 Å². The molecule has 0 radical (unpaired) electrons. The Morgan fingerprint density at radius 1 is 1.35 bits per heavy atom. The summed E-state index contributed by atoms with van der Waals surface area (Å²) in [6.45, 7) is -0.139. The van der Waals surface area contributed by atoms with E-state index in [1.165, 1.54) is 12.1 Å². The van der Waals surface area contributed by atoms with E-state index in [9.17, 15) is 17.6 Å². The minimum Gasteiger partial charge on any atom is -0.384 e. The maximum absolute atomic E-state index is 13.7. The van der Waals surface area contributed by atoms with Gasteiger partial charge in [0.05, 0.1) is 18.3 Å². The van der Waals surface area contributed by atoms with Gasteiger partial charge in [-0.05, 0) is 6.07 Å². The Hall–Kier alpha value is -2.38. The standard InChI is InChI=1S/C12H10F4N4/c13-10-3-7(11(17)18)1-2-8(10)5-20-6-9(4-19-20)12(14,15)16/h1-4,6H,5H2,(H3,17,18). The minimum atomic E-state index is -4.48. The van der Waals surface area contributed by atoms with E-state index in [1.807, 2.05) is 0 Å². The summed E-state index contributed by atoms with van der Waals surface area (Å²) in [5, 5.41) is 10.7. The molecule has 0 unspecified atom stereocenters. The van der Waals surface area contributed by atoms with Crippen molar-refractivity contribution in [3.8, 4) is 0 Å². The lowest BCUT2D eigenvalue weighted by atomic mass is 10.1. The van der Waals surface area contributed by atoms with Gasteiger partial charge in [-0.1, -0.05) is 12.1 Å². The lowest BCUT2D eigenvalue weighted by Gasteiger charge is -2.06. The first-order chi connectivity index (χ1) is 9.27. The molecule has 8 heteroatoms. The van der Waals surface area contributed by atoms with Gasteiger partial charge in [-0.25, -0.2) is 4.39 Å². The highest BCUT2D eigenvalue weighted by Crippen LogP contribution is 2.28. The summed E-state index contributed by atoms with van der Waals surface area (Å²) in [6, 6.07) is 3.85. The van der Waals surface area contributed by atoms with Crippen LogP contribution in [0.1, 0.15) is 16.7 Å². The Bertz CT molecular complexity index is 645. The van der Waals surface area contributed by atoms with Crippen LogP contribution in [0.4, 0.5) is 17.6 Å². The molecule has 0 saturated heterocycles. The van der Waals surface area contributed by atoms with Crippen LogP contribution in [0.3, 0.4) is 0 Å². The summed E-state index contributed by atoms with van der Waals surface area (Å²) >= 11 is 0. The number of hydrogen-bond acceptors (Lipinski definition) is 2. The molecule has 3 N–H and O–H groups in total. The highest BCUT2D eigenvalue weighted by molar-refractivity contribution is 5.94. The molecule has 0 atom stereocenters. The Balaban J connectivity index is 2.22. The van der Waals surface area contributed by atoms with Crippen molar-refractivity contribution >= 4 is 5.84 Å². The maximum Gasteiger partial charge on any atom is 0.419 e. The van der Waals surface area contributed by atoms with Gasteiger partial charge in [-0.2, -0.15) is 18.3 Å². The quantitative estimate of drug-likeness (QED) is 0.517. The average Bonchev–Trinajstić information content (AvgIpc) is 2.80. The second-order valence-corrected chi connectivity index (χ2v) is 4.14. The smallest absolute Gasteiger partial charge is 0.384 e. The van der Waals surface area contributed by atoms with Crippen LogP contribution in [0, 0.1) is 11.2 Å². The largest absolute Gasteiger partial charge is 0.419 e. The number of benzene rings is 1. The van der Waals surface area contributed by atoms with Crippen molar-refractivity contribution in [3.63, 3.8) is 0 Å². The fourth-order valence-electron chi connectivity index (χ4n) is 1.61. The Labute approximate surface area is 111 Å². The van der Waals surface area contributed by atoms with E-state index in [1.54, 1.807) is 0 Å². The summed E-state index contributed by atoms with van der Waals surface area (Å²) in [7, 11) is 0. The molecule has 0 fully saturated rings. The van der Waals surface area contributed by atoms with Crippen molar-refractivity contribution in [2.75, 3.05) is 0 Å². The van der Waals surface area contributed by atoms with E-state index in [-0.39, 0.29) is 23.5 Å². The molecule has 1 aromatic heterocycles. The zero-order chi connectivity index (χ0) is 14.9. The Morgan fingerprint density at radius 3 is 2.55 bits per heavy atom. The van der Waals surface area contributed by atoms with E-state index >= 15 is 0 Å². The average molecular weight is 286 g/mol. The molecule has 0 amide bonds. The topological polar surface area (TPSA) is 67.7 Å². The van der Waals surface area contributed by atoms with E-state index < -0.39 is 17.6 Å². The lowest BCUT2D eigenvalue weighted by molar-refractivity contribution is -0.137. The number of hydrogen-bond donors (Lipinski definition) is 2. The van der Waals surface area contributed by atoms with Gasteiger partial charge in [0, 0.05) is 17.3 Å². The molecule has 0 aliphatic rings. The molecule has 0 spiro atoms. The van der Waals surface area contributed by atoms with Crippen LogP contribution in [0.5, 0.6) is 0 Å². The first-order valence-corrected chi connectivity index (χ1v) is 5.50. The zero-order valence-electron chi connectivity index (χ0n) is 10.1. The number of rotatable bonds is 3. The third kappa shape index (κ3) is 2.95. The van der Waals surface area contributed by atoms with Crippen LogP contribution in [0.15, 0.2) is 30.6 Å². The second kappa shape index (κ2) is 4.95. The molecule has 0 aliphatic carbocycles. The molecule has 106 valence electrons. The van der Waals surface area contributed by atoms with E-state index in [0.717, 1.165) is 16.9 Å². The number of alkyl halides is 3.